The number of carbonyl (C=O) groups excluding carboxylic acids is 1. The summed E-state index contributed by atoms with van der Waals surface area (Å²) in [5.74, 6) is -0.808. The Morgan fingerprint density at radius 3 is 2.83 bits per heavy atom. The Kier molecular flexibility index (Phi) is 6.10. The third kappa shape index (κ3) is 3.93. The number of rotatable bonds is 5. The summed E-state index contributed by atoms with van der Waals surface area (Å²) in [6, 6.07) is 9.43. The number of likely N-dealkylation sites (tertiary alicyclic amines) is 1. The van der Waals surface area contributed by atoms with Crippen molar-refractivity contribution in [2.75, 3.05) is 50.8 Å². The summed E-state index contributed by atoms with van der Waals surface area (Å²) < 4.78 is 23.4. The van der Waals surface area contributed by atoms with Crippen LogP contribution in [0.3, 0.4) is 0 Å². The van der Waals surface area contributed by atoms with Gasteiger partial charge in [0.05, 0.1) is 28.8 Å². The topological polar surface area (TPSA) is 79.2 Å². The van der Waals surface area contributed by atoms with Crippen LogP contribution in [0.2, 0.25) is 0 Å². The molecule has 2 saturated heterocycles. The van der Waals surface area contributed by atoms with E-state index in [0.29, 0.717) is 49.4 Å². The van der Waals surface area contributed by atoms with Crippen LogP contribution in [0.1, 0.15) is 30.1 Å². The molecule has 10 heteroatoms. The van der Waals surface area contributed by atoms with Gasteiger partial charge in [-0.2, -0.15) is 0 Å². The quantitative estimate of drug-likeness (QED) is 0.445. The second-order valence-corrected chi connectivity index (χ2v) is 10.5. The van der Waals surface area contributed by atoms with Gasteiger partial charge in [0.2, 0.25) is 5.43 Å². The number of morpholine rings is 1. The SMILES string of the molecule is CC1CCCN1CCNC(=O)c1c(=O)c2cc(F)c(N3CCOCC3)nc2n2c1sc1ccccc12. The highest BCUT2D eigenvalue weighted by molar-refractivity contribution is 7.24. The number of nitrogens with zero attached hydrogens (tertiary/aromatic N) is 4. The van der Waals surface area contributed by atoms with Crippen molar-refractivity contribution in [1.82, 2.24) is 19.6 Å². The number of anilines is 1. The zero-order chi connectivity index (χ0) is 24.8. The van der Waals surface area contributed by atoms with Gasteiger partial charge in [-0.1, -0.05) is 12.1 Å². The van der Waals surface area contributed by atoms with Gasteiger partial charge >= 0.3 is 0 Å². The normalized spacial score (nSPS) is 19.1. The van der Waals surface area contributed by atoms with Gasteiger partial charge in [-0.15, -0.1) is 11.3 Å². The lowest BCUT2D eigenvalue weighted by Gasteiger charge is -2.28. The number of halogens is 1. The van der Waals surface area contributed by atoms with E-state index in [1.54, 1.807) is 0 Å². The van der Waals surface area contributed by atoms with E-state index in [0.717, 1.165) is 36.1 Å². The van der Waals surface area contributed by atoms with Crippen molar-refractivity contribution in [3.63, 3.8) is 0 Å². The molecule has 2 aliphatic heterocycles. The predicted octanol–water partition coefficient (Wildman–Crippen LogP) is 3.25. The lowest BCUT2D eigenvalue weighted by Crippen LogP contribution is -2.38. The van der Waals surface area contributed by atoms with Crippen LogP contribution in [0.15, 0.2) is 35.1 Å². The summed E-state index contributed by atoms with van der Waals surface area (Å²) in [6.07, 6.45) is 2.32. The fourth-order valence-electron chi connectivity index (χ4n) is 5.32. The third-order valence-electron chi connectivity index (χ3n) is 7.26. The molecule has 188 valence electrons. The molecule has 4 aromatic rings. The van der Waals surface area contributed by atoms with E-state index in [4.69, 9.17) is 4.74 Å². The summed E-state index contributed by atoms with van der Waals surface area (Å²) in [4.78, 5) is 36.4. The molecule has 36 heavy (non-hydrogen) atoms. The molecule has 3 aromatic heterocycles. The average Bonchev–Trinajstić information content (AvgIpc) is 3.47. The number of benzene rings is 1. The van der Waals surface area contributed by atoms with Gasteiger partial charge in [0.25, 0.3) is 5.91 Å². The van der Waals surface area contributed by atoms with Crippen molar-refractivity contribution in [3.8, 4) is 0 Å². The Morgan fingerprint density at radius 1 is 1.25 bits per heavy atom. The number of carbonyl (C=O) groups is 1. The maximum atomic E-state index is 15.3. The van der Waals surface area contributed by atoms with Crippen molar-refractivity contribution in [2.24, 2.45) is 0 Å². The van der Waals surface area contributed by atoms with E-state index in [2.05, 4.69) is 22.1 Å². The van der Waals surface area contributed by atoms with Gasteiger partial charge in [-0.3, -0.25) is 18.9 Å². The number of pyridine rings is 2. The van der Waals surface area contributed by atoms with Crippen molar-refractivity contribution >= 4 is 49.1 Å². The number of hydrogen-bond donors (Lipinski definition) is 1. The van der Waals surface area contributed by atoms with Crippen molar-refractivity contribution in [3.05, 3.63) is 51.9 Å². The largest absolute Gasteiger partial charge is 0.378 e. The minimum Gasteiger partial charge on any atom is -0.378 e. The molecular formula is C26H28FN5O3S. The van der Waals surface area contributed by atoms with Crippen LogP contribution in [-0.4, -0.2) is 72.2 Å². The Hall–Kier alpha value is -3.08. The highest BCUT2D eigenvalue weighted by atomic mass is 32.1. The number of para-hydroxylation sites is 1. The number of nitrogens with one attached hydrogen (secondary N) is 1. The van der Waals surface area contributed by atoms with E-state index < -0.39 is 17.2 Å². The number of fused-ring (bicyclic) bond motifs is 5. The van der Waals surface area contributed by atoms with Gasteiger partial charge in [0, 0.05) is 32.2 Å². The molecule has 5 heterocycles. The Morgan fingerprint density at radius 2 is 2.06 bits per heavy atom. The first-order chi connectivity index (χ1) is 17.5. The molecule has 1 atom stereocenters. The molecule has 0 radical (unpaired) electrons. The smallest absolute Gasteiger partial charge is 0.258 e. The van der Waals surface area contributed by atoms with Crippen molar-refractivity contribution in [2.45, 2.75) is 25.8 Å². The maximum absolute atomic E-state index is 15.3. The van der Waals surface area contributed by atoms with Gasteiger partial charge in [-0.25, -0.2) is 9.37 Å². The second-order valence-electron chi connectivity index (χ2n) is 9.46. The summed E-state index contributed by atoms with van der Waals surface area (Å²) in [5.41, 5.74) is 0.731. The molecule has 0 bridgehead atoms. The minimum atomic E-state index is -0.574. The molecule has 0 aliphatic carbocycles. The van der Waals surface area contributed by atoms with E-state index >= 15 is 4.39 Å². The Labute approximate surface area is 211 Å². The predicted molar refractivity (Wildman–Crippen MR) is 140 cm³/mol. The minimum absolute atomic E-state index is 0.0403. The lowest BCUT2D eigenvalue weighted by molar-refractivity contribution is 0.0948. The fraction of sp³-hybridized carbons (Fsp3) is 0.423. The number of ether oxygens (including phenoxy) is 1. The average molecular weight is 510 g/mol. The van der Waals surface area contributed by atoms with Crippen LogP contribution in [0.25, 0.3) is 26.1 Å². The summed E-state index contributed by atoms with van der Waals surface area (Å²) in [5, 5.41) is 3.04. The zero-order valence-electron chi connectivity index (χ0n) is 20.1. The molecular weight excluding hydrogens is 481 g/mol. The molecule has 2 aliphatic rings. The Balaban J connectivity index is 1.48. The van der Waals surface area contributed by atoms with E-state index in [1.807, 2.05) is 33.6 Å². The number of hydrogen-bond acceptors (Lipinski definition) is 7. The van der Waals surface area contributed by atoms with Crippen LogP contribution >= 0.6 is 11.3 Å². The van der Waals surface area contributed by atoms with Crippen molar-refractivity contribution < 1.29 is 13.9 Å². The molecule has 1 aromatic carbocycles. The third-order valence-corrected chi connectivity index (χ3v) is 8.41. The van der Waals surface area contributed by atoms with Crippen LogP contribution in [0.4, 0.5) is 10.2 Å². The Bertz CT molecular complexity index is 1530. The van der Waals surface area contributed by atoms with Crippen LogP contribution in [-0.2, 0) is 4.74 Å². The van der Waals surface area contributed by atoms with Crippen LogP contribution in [0.5, 0.6) is 0 Å². The highest BCUT2D eigenvalue weighted by Crippen LogP contribution is 2.32. The van der Waals surface area contributed by atoms with E-state index in [9.17, 15) is 9.59 Å². The van der Waals surface area contributed by atoms with Gasteiger partial charge in [0.1, 0.15) is 10.4 Å². The van der Waals surface area contributed by atoms with E-state index in [1.165, 1.54) is 17.4 Å². The molecule has 1 N–H and O–H groups in total. The monoisotopic (exact) mass is 509 g/mol. The molecule has 1 amide bonds. The molecule has 8 nitrogen and oxygen atoms in total. The summed E-state index contributed by atoms with van der Waals surface area (Å²) in [6.45, 7) is 6.42. The number of thiazole rings is 1. The van der Waals surface area contributed by atoms with Gasteiger partial charge in [-0.05, 0) is 44.5 Å². The van der Waals surface area contributed by atoms with Gasteiger partial charge in [0.15, 0.2) is 17.3 Å². The standard InChI is InChI=1S/C26H28FN5O3S/c1-16-5-4-9-30(16)10-8-28-25(34)21-22(33)17-15-18(27)24(31-11-13-35-14-12-31)29-23(17)32-19-6-2-3-7-20(19)36-26(21)32/h2-3,6-7,15-16H,4-5,8-14H2,1H3,(H,28,34). The van der Waals surface area contributed by atoms with Crippen molar-refractivity contribution in [1.29, 1.82) is 0 Å². The lowest BCUT2D eigenvalue weighted by atomic mass is 10.1. The molecule has 0 saturated carbocycles. The number of aromatic nitrogens is 2. The first kappa shape index (κ1) is 23.3. The summed E-state index contributed by atoms with van der Waals surface area (Å²) >= 11 is 1.37. The first-order valence-corrected chi connectivity index (χ1v) is 13.3. The van der Waals surface area contributed by atoms with E-state index in [-0.39, 0.29) is 16.8 Å². The molecule has 2 fully saturated rings. The zero-order valence-corrected chi connectivity index (χ0v) is 20.9. The molecule has 0 spiro atoms. The van der Waals surface area contributed by atoms with Crippen LogP contribution < -0.4 is 15.6 Å². The highest BCUT2D eigenvalue weighted by Gasteiger charge is 2.26. The second kappa shape index (κ2) is 9.42. The molecule has 1 unspecified atom stereocenters. The molecule has 6 rings (SSSR count). The number of amides is 1. The maximum Gasteiger partial charge on any atom is 0.258 e. The van der Waals surface area contributed by atoms with Gasteiger partial charge < -0.3 is 15.0 Å². The first-order valence-electron chi connectivity index (χ1n) is 12.4. The fourth-order valence-corrected chi connectivity index (χ4v) is 6.51. The summed E-state index contributed by atoms with van der Waals surface area (Å²) in [7, 11) is 0. The van der Waals surface area contributed by atoms with Crippen LogP contribution in [0, 0.1) is 5.82 Å².